The van der Waals surface area contributed by atoms with Crippen molar-refractivity contribution in [3.05, 3.63) is 101 Å². The summed E-state index contributed by atoms with van der Waals surface area (Å²) in [7, 11) is 1.61. The van der Waals surface area contributed by atoms with Gasteiger partial charge in [0.05, 0.1) is 24.4 Å². The van der Waals surface area contributed by atoms with Gasteiger partial charge in [-0.1, -0.05) is 58.7 Å². The third kappa shape index (κ3) is 4.38. The first-order chi connectivity index (χ1) is 16.9. The SMILES string of the molecule is COc1cccc(-c2noc(C3=C(C)N(c4ccc(C)cc4)C(=O)NC3c3ccc(Cl)cc3)n2)c1. The molecule has 35 heavy (non-hydrogen) atoms. The van der Waals surface area contributed by atoms with Crippen molar-refractivity contribution in [1.29, 1.82) is 0 Å². The molecule has 1 unspecified atom stereocenters. The second-order valence-corrected chi connectivity index (χ2v) is 8.70. The lowest BCUT2D eigenvalue weighted by atomic mass is 9.94. The number of anilines is 1. The Morgan fingerprint density at radius 2 is 1.77 bits per heavy atom. The number of aromatic nitrogens is 2. The van der Waals surface area contributed by atoms with Crippen LogP contribution in [0.15, 0.2) is 83.0 Å². The lowest BCUT2D eigenvalue weighted by Gasteiger charge is -2.35. The monoisotopic (exact) mass is 486 g/mol. The third-order valence-electron chi connectivity index (χ3n) is 5.96. The Morgan fingerprint density at radius 3 is 2.49 bits per heavy atom. The lowest BCUT2D eigenvalue weighted by Crippen LogP contribution is -2.46. The van der Waals surface area contributed by atoms with Gasteiger partial charge in [0.15, 0.2) is 0 Å². The molecule has 5 rings (SSSR count). The normalized spacial score (nSPS) is 15.8. The van der Waals surface area contributed by atoms with E-state index in [2.05, 4.69) is 10.5 Å². The predicted molar refractivity (Wildman–Crippen MR) is 135 cm³/mol. The zero-order valence-electron chi connectivity index (χ0n) is 19.4. The summed E-state index contributed by atoms with van der Waals surface area (Å²) < 4.78 is 11.1. The largest absolute Gasteiger partial charge is 0.497 e. The number of allylic oxidation sites excluding steroid dienone is 1. The first-order valence-corrected chi connectivity index (χ1v) is 11.4. The van der Waals surface area contributed by atoms with Crippen molar-refractivity contribution in [3.8, 4) is 17.1 Å². The summed E-state index contributed by atoms with van der Waals surface area (Å²) in [5, 5.41) is 7.92. The number of carbonyl (C=O) groups excluding carboxylic acids is 1. The summed E-state index contributed by atoms with van der Waals surface area (Å²) in [6, 6.07) is 21.8. The molecule has 2 amide bonds. The second kappa shape index (κ2) is 9.27. The van der Waals surface area contributed by atoms with Gasteiger partial charge < -0.3 is 14.6 Å². The zero-order valence-corrected chi connectivity index (χ0v) is 20.2. The van der Waals surface area contributed by atoms with E-state index in [-0.39, 0.29) is 6.03 Å². The quantitative estimate of drug-likeness (QED) is 0.352. The van der Waals surface area contributed by atoms with Gasteiger partial charge in [0.2, 0.25) is 5.82 Å². The topological polar surface area (TPSA) is 80.5 Å². The van der Waals surface area contributed by atoms with Gasteiger partial charge in [0.1, 0.15) is 5.75 Å². The highest BCUT2D eigenvalue weighted by atomic mass is 35.5. The van der Waals surface area contributed by atoms with Gasteiger partial charge >= 0.3 is 6.03 Å². The van der Waals surface area contributed by atoms with Crippen LogP contribution in [0.2, 0.25) is 5.02 Å². The summed E-state index contributed by atoms with van der Waals surface area (Å²) in [6.07, 6.45) is 0. The fraction of sp³-hybridized carbons (Fsp3) is 0.148. The average molecular weight is 487 g/mol. The number of halogens is 1. The minimum absolute atomic E-state index is 0.248. The fourth-order valence-corrected chi connectivity index (χ4v) is 4.27. The Labute approximate surface area is 208 Å². The average Bonchev–Trinajstić information content (AvgIpc) is 3.35. The van der Waals surface area contributed by atoms with Crippen LogP contribution in [0, 0.1) is 6.92 Å². The van der Waals surface area contributed by atoms with Crippen LogP contribution in [0.5, 0.6) is 5.75 Å². The molecule has 4 aromatic rings. The molecule has 1 N–H and O–H groups in total. The van der Waals surface area contributed by atoms with E-state index in [1.807, 2.05) is 74.5 Å². The number of hydrogen-bond donors (Lipinski definition) is 1. The van der Waals surface area contributed by atoms with Gasteiger partial charge in [-0.25, -0.2) is 4.79 Å². The number of hydrogen-bond acceptors (Lipinski definition) is 5. The maximum absolute atomic E-state index is 13.3. The highest BCUT2D eigenvalue weighted by Crippen LogP contribution is 2.39. The van der Waals surface area contributed by atoms with Crippen molar-refractivity contribution in [2.45, 2.75) is 19.9 Å². The van der Waals surface area contributed by atoms with E-state index in [9.17, 15) is 4.79 Å². The molecule has 0 radical (unpaired) electrons. The Kier molecular flexibility index (Phi) is 6.01. The number of nitrogens with one attached hydrogen (secondary N) is 1. The molecule has 1 aromatic heterocycles. The minimum Gasteiger partial charge on any atom is -0.497 e. The number of rotatable bonds is 5. The minimum atomic E-state index is -0.500. The fourth-order valence-electron chi connectivity index (χ4n) is 4.14. The van der Waals surface area contributed by atoms with Crippen LogP contribution in [0.25, 0.3) is 17.0 Å². The second-order valence-electron chi connectivity index (χ2n) is 8.26. The van der Waals surface area contributed by atoms with Crippen LogP contribution in [-0.2, 0) is 0 Å². The van der Waals surface area contributed by atoms with Crippen LogP contribution in [0.3, 0.4) is 0 Å². The summed E-state index contributed by atoms with van der Waals surface area (Å²) in [5.74, 6) is 1.43. The van der Waals surface area contributed by atoms with E-state index in [1.54, 1.807) is 24.1 Å². The van der Waals surface area contributed by atoms with Crippen molar-refractivity contribution >= 4 is 28.9 Å². The molecule has 1 aliphatic heterocycles. The van der Waals surface area contributed by atoms with Crippen molar-refractivity contribution in [2.75, 3.05) is 12.0 Å². The zero-order chi connectivity index (χ0) is 24.5. The van der Waals surface area contributed by atoms with E-state index < -0.39 is 6.04 Å². The first-order valence-electron chi connectivity index (χ1n) is 11.1. The molecule has 0 bridgehead atoms. The molecule has 2 heterocycles. The standard InChI is InChI=1S/C27H23ClN4O3/c1-16-7-13-21(14-8-16)32-17(2)23(24(29-27(32)33)18-9-11-20(28)12-10-18)26-30-25(31-35-26)19-5-4-6-22(15-19)34-3/h4-15,24H,1-3H3,(H,29,33). The van der Waals surface area contributed by atoms with Gasteiger partial charge in [-0.2, -0.15) is 4.98 Å². The Bertz CT molecular complexity index is 1410. The molecular formula is C27H23ClN4O3. The maximum atomic E-state index is 13.3. The molecule has 176 valence electrons. The molecule has 0 fully saturated rings. The highest BCUT2D eigenvalue weighted by molar-refractivity contribution is 6.30. The van der Waals surface area contributed by atoms with Gasteiger partial charge in [-0.05, 0) is 55.8 Å². The number of nitrogens with zero attached hydrogens (tertiary/aromatic N) is 3. The molecule has 0 spiro atoms. The van der Waals surface area contributed by atoms with E-state index in [0.717, 1.165) is 22.4 Å². The number of aryl methyl sites for hydroxylation is 1. The number of methoxy groups -OCH3 is 1. The van der Waals surface area contributed by atoms with Crippen LogP contribution >= 0.6 is 11.6 Å². The number of carbonyl (C=O) groups is 1. The van der Waals surface area contributed by atoms with Crippen LogP contribution in [0.1, 0.15) is 30.0 Å². The van der Waals surface area contributed by atoms with Crippen LogP contribution < -0.4 is 15.0 Å². The summed E-state index contributed by atoms with van der Waals surface area (Å²) in [6.45, 7) is 3.88. The Balaban J connectivity index is 1.64. The van der Waals surface area contributed by atoms with E-state index >= 15 is 0 Å². The number of amides is 2. The predicted octanol–water partition coefficient (Wildman–Crippen LogP) is 6.41. The molecule has 3 aromatic carbocycles. The number of ether oxygens (including phenoxy) is 1. The highest BCUT2D eigenvalue weighted by Gasteiger charge is 2.36. The van der Waals surface area contributed by atoms with E-state index in [0.29, 0.717) is 33.8 Å². The van der Waals surface area contributed by atoms with Crippen molar-refractivity contribution in [2.24, 2.45) is 0 Å². The van der Waals surface area contributed by atoms with Gasteiger partial charge in [0.25, 0.3) is 5.89 Å². The third-order valence-corrected chi connectivity index (χ3v) is 6.22. The molecule has 0 saturated heterocycles. The molecular weight excluding hydrogens is 464 g/mol. The first kappa shape index (κ1) is 22.7. The van der Waals surface area contributed by atoms with Gasteiger partial charge in [0, 0.05) is 16.3 Å². The maximum Gasteiger partial charge on any atom is 0.326 e. The summed E-state index contributed by atoms with van der Waals surface area (Å²) in [5.41, 5.74) is 4.85. The van der Waals surface area contributed by atoms with Crippen molar-refractivity contribution in [3.63, 3.8) is 0 Å². The summed E-state index contributed by atoms with van der Waals surface area (Å²) >= 11 is 6.11. The van der Waals surface area contributed by atoms with E-state index in [4.69, 9.17) is 25.8 Å². The molecule has 0 aliphatic carbocycles. The van der Waals surface area contributed by atoms with Crippen LogP contribution in [-0.4, -0.2) is 23.3 Å². The van der Waals surface area contributed by atoms with E-state index in [1.165, 1.54) is 0 Å². The number of benzene rings is 3. The molecule has 8 heteroatoms. The molecule has 1 atom stereocenters. The molecule has 0 saturated carbocycles. The van der Waals surface area contributed by atoms with Gasteiger partial charge in [-0.15, -0.1) is 0 Å². The lowest BCUT2D eigenvalue weighted by molar-refractivity contribution is 0.244. The molecule has 1 aliphatic rings. The Hall–Kier alpha value is -4.10. The van der Waals surface area contributed by atoms with Gasteiger partial charge in [-0.3, -0.25) is 4.90 Å². The van der Waals surface area contributed by atoms with Crippen LogP contribution in [0.4, 0.5) is 10.5 Å². The van der Waals surface area contributed by atoms with Crippen molar-refractivity contribution in [1.82, 2.24) is 15.5 Å². The molecule has 7 nitrogen and oxygen atoms in total. The Morgan fingerprint density at radius 1 is 1.03 bits per heavy atom. The smallest absolute Gasteiger partial charge is 0.326 e. The summed E-state index contributed by atoms with van der Waals surface area (Å²) in [4.78, 5) is 19.6. The number of urea groups is 1. The van der Waals surface area contributed by atoms with Crippen molar-refractivity contribution < 1.29 is 14.1 Å².